The Bertz CT molecular complexity index is 727. The van der Waals surface area contributed by atoms with Crippen LogP contribution in [0.3, 0.4) is 0 Å². The molecule has 1 heterocycles. The van der Waals surface area contributed by atoms with Crippen LogP contribution in [0.25, 0.3) is 10.9 Å². The highest BCUT2D eigenvalue weighted by Gasteiger charge is 2.05. The molecule has 1 aromatic heterocycles. The van der Waals surface area contributed by atoms with Crippen molar-refractivity contribution in [3.05, 3.63) is 70.9 Å². The monoisotopic (exact) mass is 282 g/mol. The van der Waals surface area contributed by atoms with Crippen LogP contribution in [0.2, 0.25) is 5.02 Å². The standard InChI is InChI=1S/C17H15ClN2/c1-12-5-2-9-15(18)16(12)20-11-14-7-3-6-13-8-4-10-19-17(13)14/h2-10,20H,11H2,1H3. The summed E-state index contributed by atoms with van der Waals surface area (Å²) in [6.45, 7) is 2.76. The molecule has 2 nitrogen and oxygen atoms in total. The molecule has 0 spiro atoms. The largest absolute Gasteiger partial charge is 0.379 e. The fourth-order valence-corrected chi connectivity index (χ4v) is 2.64. The van der Waals surface area contributed by atoms with Gasteiger partial charge in [-0.05, 0) is 30.2 Å². The van der Waals surface area contributed by atoms with E-state index in [0.29, 0.717) is 6.54 Å². The maximum atomic E-state index is 6.24. The van der Waals surface area contributed by atoms with Gasteiger partial charge in [-0.2, -0.15) is 0 Å². The zero-order chi connectivity index (χ0) is 13.9. The third-order valence-electron chi connectivity index (χ3n) is 3.39. The van der Waals surface area contributed by atoms with Gasteiger partial charge in [-0.3, -0.25) is 4.98 Å². The number of hydrogen-bond acceptors (Lipinski definition) is 2. The van der Waals surface area contributed by atoms with Gasteiger partial charge < -0.3 is 5.32 Å². The molecule has 0 aliphatic carbocycles. The number of rotatable bonds is 3. The number of aryl methyl sites for hydroxylation is 1. The van der Waals surface area contributed by atoms with E-state index in [1.165, 1.54) is 5.56 Å². The molecule has 3 heteroatoms. The van der Waals surface area contributed by atoms with Crippen LogP contribution in [0, 0.1) is 6.92 Å². The summed E-state index contributed by atoms with van der Waals surface area (Å²) in [5.74, 6) is 0. The molecule has 2 aromatic carbocycles. The van der Waals surface area contributed by atoms with Crippen LogP contribution < -0.4 is 5.32 Å². The van der Waals surface area contributed by atoms with Gasteiger partial charge >= 0.3 is 0 Å². The van der Waals surface area contributed by atoms with E-state index in [9.17, 15) is 0 Å². The number of para-hydroxylation sites is 2. The van der Waals surface area contributed by atoms with Crippen molar-refractivity contribution in [1.29, 1.82) is 0 Å². The Kier molecular flexibility index (Phi) is 3.57. The van der Waals surface area contributed by atoms with Crippen LogP contribution in [-0.4, -0.2) is 4.98 Å². The summed E-state index contributed by atoms with van der Waals surface area (Å²) in [5, 5.41) is 5.32. The second-order valence-electron chi connectivity index (χ2n) is 4.78. The maximum Gasteiger partial charge on any atom is 0.0751 e. The summed E-state index contributed by atoms with van der Waals surface area (Å²) in [5.41, 5.74) is 4.34. The van der Waals surface area contributed by atoms with E-state index in [-0.39, 0.29) is 0 Å². The number of pyridine rings is 1. The van der Waals surface area contributed by atoms with Crippen molar-refractivity contribution in [1.82, 2.24) is 4.98 Å². The average molecular weight is 283 g/mol. The molecule has 0 aliphatic rings. The van der Waals surface area contributed by atoms with Crippen molar-refractivity contribution in [3.63, 3.8) is 0 Å². The smallest absolute Gasteiger partial charge is 0.0751 e. The average Bonchev–Trinajstić information content (AvgIpc) is 2.47. The quantitative estimate of drug-likeness (QED) is 0.746. The Morgan fingerprint density at radius 2 is 1.85 bits per heavy atom. The van der Waals surface area contributed by atoms with E-state index >= 15 is 0 Å². The van der Waals surface area contributed by atoms with E-state index in [2.05, 4.69) is 47.6 Å². The summed E-state index contributed by atoms with van der Waals surface area (Å²) in [4.78, 5) is 4.47. The fraction of sp³-hybridized carbons (Fsp3) is 0.118. The van der Waals surface area contributed by atoms with Crippen molar-refractivity contribution >= 4 is 28.2 Å². The Hall–Kier alpha value is -2.06. The minimum absolute atomic E-state index is 0.707. The molecular formula is C17H15ClN2. The Morgan fingerprint density at radius 3 is 2.70 bits per heavy atom. The van der Waals surface area contributed by atoms with Crippen molar-refractivity contribution in [2.45, 2.75) is 13.5 Å². The Labute approximate surface area is 123 Å². The molecule has 20 heavy (non-hydrogen) atoms. The number of benzene rings is 2. The fourth-order valence-electron chi connectivity index (χ4n) is 2.35. The molecule has 0 bridgehead atoms. The number of anilines is 1. The lowest BCUT2D eigenvalue weighted by Crippen LogP contribution is -2.02. The van der Waals surface area contributed by atoms with Crippen molar-refractivity contribution in [2.24, 2.45) is 0 Å². The first-order valence-corrected chi connectivity index (χ1v) is 6.95. The summed E-state index contributed by atoms with van der Waals surface area (Å²) in [6, 6.07) is 16.2. The van der Waals surface area contributed by atoms with E-state index in [1.54, 1.807) is 0 Å². The van der Waals surface area contributed by atoms with Gasteiger partial charge in [0.1, 0.15) is 0 Å². The van der Waals surface area contributed by atoms with E-state index in [1.807, 2.05) is 24.4 Å². The molecule has 0 radical (unpaired) electrons. The number of aromatic nitrogens is 1. The van der Waals surface area contributed by atoms with Crippen LogP contribution in [0.15, 0.2) is 54.7 Å². The van der Waals surface area contributed by atoms with Gasteiger partial charge in [0, 0.05) is 18.1 Å². The molecular weight excluding hydrogens is 268 g/mol. The van der Waals surface area contributed by atoms with E-state index in [4.69, 9.17) is 11.6 Å². The Morgan fingerprint density at radius 1 is 1.05 bits per heavy atom. The highest BCUT2D eigenvalue weighted by Crippen LogP contribution is 2.26. The zero-order valence-electron chi connectivity index (χ0n) is 11.2. The number of nitrogens with one attached hydrogen (secondary N) is 1. The van der Waals surface area contributed by atoms with Crippen LogP contribution in [0.5, 0.6) is 0 Å². The second-order valence-corrected chi connectivity index (χ2v) is 5.18. The lowest BCUT2D eigenvalue weighted by molar-refractivity contribution is 1.14. The first-order valence-electron chi connectivity index (χ1n) is 6.57. The van der Waals surface area contributed by atoms with Crippen LogP contribution in [0.1, 0.15) is 11.1 Å². The molecule has 3 rings (SSSR count). The lowest BCUT2D eigenvalue weighted by Gasteiger charge is -2.12. The predicted octanol–water partition coefficient (Wildman–Crippen LogP) is 4.81. The molecule has 0 unspecified atom stereocenters. The highest BCUT2D eigenvalue weighted by atomic mass is 35.5. The first kappa shape index (κ1) is 12.9. The van der Waals surface area contributed by atoms with Crippen molar-refractivity contribution in [2.75, 3.05) is 5.32 Å². The maximum absolute atomic E-state index is 6.24. The number of fused-ring (bicyclic) bond motifs is 1. The minimum atomic E-state index is 0.707. The number of halogens is 1. The predicted molar refractivity (Wildman–Crippen MR) is 85.3 cm³/mol. The summed E-state index contributed by atoms with van der Waals surface area (Å²) < 4.78 is 0. The lowest BCUT2D eigenvalue weighted by atomic mass is 10.1. The molecule has 0 fully saturated rings. The van der Waals surface area contributed by atoms with Gasteiger partial charge in [-0.25, -0.2) is 0 Å². The number of nitrogens with zero attached hydrogens (tertiary/aromatic N) is 1. The normalized spacial score (nSPS) is 10.7. The third kappa shape index (κ3) is 2.47. The Balaban J connectivity index is 1.91. The summed E-state index contributed by atoms with van der Waals surface area (Å²) in [7, 11) is 0. The molecule has 0 saturated heterocycles. The minimum Gasteiger partial charge on any atom is -0.379 e. The van der Waals surface area contributed by atoms with Gasteiger partial charge in [0.25, 0.3) is 0 Å². The van der Waals surface area contributed by atoms with E-state index < -0.39 is 0 Å². The topological polar surface area (TPSA) is 24.9 Å². The molecule has 100 valence electrons. The molecule has 1 N–H and O–H groups in total. The highest BCUT2D eigenvalue weighted by molar-refractivity contribution is 6.33. The third-order valence-corrected chi connectivity index (χ3v) is 3.71. The number of hydrogen-bond donors (Lipinski definition) is 1. The molecule has 0 atom stereocenters. The first-order chi connectivity index (χ1) is 9.75. The van der Waals surface area contributed by atoms with Gasteiger partial charge in [0.15, 0.2) is 0 Å². The van der Waals surface area contributed by atoms with Crippen LogP contribution >= 0.6 is 11.6 Å². The molecule has 3 aromatic rings. The SMILES string of the molecule is Cc1cccc(Cl)c1NCc1cccc2cccnc12. The van der Waals surface area contributed by atoms with Crippen molar-refractivity contribution < 1.29 is 0 Å². The van der Waals surface area contributed by atoms with Gasteiger partial charge in [0.2, 0.25) is 0 Å². The molecule has 0 amide bonds. The summed E-state index contributed by atoms with van der Waals surface area (Å²) >= 11 is 6.24. The zero-order valence-corrected chi connectivity index (χ0v) is 12.0. The summed E-state index contributed by atoms with van der Waals surface area (Å²) in [6.07, 6.45) is 1.83. The van der Waals surface area contributed by atoms with E-state index in [0.717, 1.165) is 27.2 Å². The molecule has 0 saturated carbocycles. The van der Waals surface area contributed by atoms with Gasteiger partial charge in [-0.1, -0.05) is 48.0 Å². The van der Waals surface area contributed by atoms with Crippen LogP contribution in [0.4, 0.5) is 5.69 Å². The van der Waals surface area contributed by atoms with Crippen molar-refractivity contribution in [3.8, 4) is 0 Å². The van der Waals surface area contributed by atoms with Crippen LogP contribution in [-0.2, 0) is 6.54 Å². The van der Waals surface area contributed by atoms with Gasteiger partial charge in [-0.15, -0.1) is 0 Å². The van der Waals surface area contributed by atoms with Gasteiger partial charge in [0.05, 0.1) is 16.2 Å². The molecule has 0 aliphatic heterocycles. The second kappa shape index (κ2) is 5.51.